The number of rotatable bonds is 5. The first kappa shape index (κ1) is 20.5. The van der Waals surface area contributed by atoms with Crippen LogP contribution in [-0.2, 0) is 9.59 Å². The molecule has 0 saturated heterocycles. The van der Waals surface area contributed by atoms with Gasteiger partial charge in [0, 0.05) is 16.8 Å². The highest BCUT2D eigenvalue weighted by atomic mass is 16.5. The third-order valence-corrected chi connectivity index (χ3v) is 4.14. The molecule has 2 amide bonds. The molecule has 0 fully saturated rings. The zero-order valence-corrected chi connectivity index (χ0v) is 16.8. The molecule has 2 N–H and O–H groups in total. The number of ether oxygens (including phenoxy) is 1. The van der Waals surface area contributed by atoms with E-state index in [1.807, 2.05) is 52.8 Å². The van der Waals surface area contributed by atoms with Crippen LogP contribution in [0.4, 0.5) is 11.4 Å². The van der Waals surface area contributed by atoms with Crippen molar-refractivity contribution in [2.24, 2.45) is 5.41 Å². The van der Waals surface area contributed by atoms with E-state index in [-0.39, 0.29) is 11.8 Å². The van der Waals surface area contributed by atoms with E-state index in [1.54, 1.807) is 31.2 Å². The molecule has 0 saturated carbocycles. The lowest BCUT2D eigenvalue weighted by atomic mass is 9.95. The first-order valence-corrected chi connectivity index (χ1v) is 9.03. The van der Waals surface area contributed by atoms with Crippen molar-refractivity contribution in [2.45, 2.75) is 47.6 Å². The van der Waals surface area contributed by atoms with Gasteiger partial charge in [-0.25, -0.2) is 0 Å². The Kier molecular flexibility index (Phi) is 6.26. The molecular formula is C22H28N2O3. The van der Waals surface area contributed by atoms with Gasteiger partial charge in [-0.05, 0) is 50.1 Å². The zero-order chi connectivity index (χ0) is 20.2. The first-order valence-electron chi connectivity index (χ1n) is 9.03. The van der Waals surface area contributed by atoms with Crippen LogP contribution in [0.3, 0.4) is 0 Å². The van der Waals surface area contributed by atoms with Crippen molar-refractivity contribution in [2.75, 3.05) is 10.6 Å². The maximum atomic E-state index is 12.5. The summed E-state index contributed by atoms with van der Waals surface area (Å²) >= 11 is 0. The van der Waals surface area contributed by atoms with E-state index in [1.165, 1.54) is 0 Å². The van der Waals surface area contributed by atoms with Gasteiger partial charge in [0.1, 0.15) is 5.75 Å². The van der Waals surface area contributed by atoms with Crippen LogP contribution in [0.15, 0.2) is 42.5 Å². The maximum absolute atomic E-state index is 12.5. The fourth-order valence-corrected chi connectivity index (χ4v) is 2.45. The second-order valence-corrected chi connectivity index (χ2v) is 7.76. The zero-order valence-electron chi connectivity index (χ0n) is 16.8. The summed E-state index contributed by atoms with van der Waals surface area (Å²) < 4.78 is 5.87. The Morgan fingerprint density at radius 3 is 2.00 bits per heavy atom. The molecule has 0 bridgehead atoms. The molecule has 0 aliphatic carbocycles. The molecule has 0 radical (unpaired) electrons. The minimum Gasteiger partial charge on any atom is -0.480 e. The van der Waals surface area contributed by atoms with E-state index >= 15 is 0 Å². The van der Waals surface area contributed by atoms with Crippen LogP contribution in [-0.4, -0.2) is 17.9 Å². The minimum absolute atomic E-state index is 0.0855. The molecule has 0 aromatic heterocycles. The molecule has 1 atom stereocenters. The number of para-hydroxylation sites is 1. The molecule has 0 aliphatic heterocycles. The highest BCUT2D eigenvalue weighted by Crippen LogP contribution is 2.24. The number of benzene rings is 2. The Balaban J connectivity index is 2.05. The third-order valence-electron chi connectivity index (χ3n) is 4.14. The fraction of sp³-hybridized carbons (Fsp3) is 0.364. The monoisotopic (exact) mass is 368 g/mol. The van der Waals surface area contributed by atoms with Crippen LogP contribution in [0.1, 0.15) is 38.8 Å². The van der Waals surface area contributed by atoms with Gasteiger partial charge in [0.2, 0.25) is 5.91 Å². The van der Waals surface area contributed by atoms with E-state index < -0.39 is 11.5 Å². The summed E-state index contributed by atoms with van der Waals surface area (Å²) in [4.78, 5) is 24.6. The van der Waals surface area contributed by atoms with Crippen molar-refractivity contribution in [3.63, 3.8) is 0 Å². The predicted molar refractivity (Wildman–Crippen MR) is 109 cm³/mol. The standard InChI is InChI=1S/C22H28N2O3/c1-14-9-7-10-15(2)19(14)27-16(3)20(25)23-17-11-8-12-18(13-17)24-21(26)22(4,5)6/h7-13,16H,1-6H3,(H,23,25)(H,24,26). The van der Waals surface area contributed by atoms with Crippen LogP contribution in [0.5, 0.6) is 5.75 Å². The van der Waals surface area contributed by atoms with Crippen molar-refractivity contribution in [1.29, 1.82) is 0 Å². The molecule has 2 aromatic rings. The summed E-state index contributed by atoms with van der Waals surface area (Å²) in [6.07, 6.45) is -0.655. The van der Waals surface area contributed by atoms with E-state index in [4.69, 9.17) is 4.74 Å². The van der Waals surface area contributed by atoms with Gasteiger partial charge >= 0.3 is 0 Å². The average Bonchev–Trinajstić information content (AvgIpc) is 2.57. The maximum Gasteiger partial charge on any atom is 0.265 e. The summed E-state index contributed by atoms with van der Waals surface area (Å²) in [7, 11) is 0. The van der Waals surface area contributed by atoms with E-state index in [0.717, 1.165) is 16.9 Å². The molecule has 0 aliphatic rings. The van der Waals surface area contributed by atoms with Crippen LogP contribution in [0.2, 0.25) is 0 Å². The molecule has 2 rings (SSSR count). The van der Waals surface area contributed by atoms with Gasteiger partial charge < -0.3 is 15.4 Å². The second-order valence-electron chi connectivity index (χ2n) is 7.76. The summed E-state index contributed by atoms with van der Waals surface area (Å²) in [5.74, 6) is 0.390. The Morgan fingerprint density at radius 2 is 1.44 bits per heavy atom. The molecule has 27 heavy (non-hydrogen) atoms. The molecule has 5 nitrogen and oxygen atoms in total. The fourth-order valence-electron chi connectivity index (χ4n) is 2.45. The van der Waals surface area contributed by atoms with Gasteiger partial charge in [-0.3, -0.25) is 9.59 Å². The van der Waals surface area contributed by atoms with Gasteiger partial charge in [0.15, 0.2) is 6.10 Å². The summed E-state index contributed by atoms with van der Waals surface area (Å²) in [5, 5.41) is 5.70. The van der Waals surface area contributed by atoms with Crippen LogP contribution in [0.25, 0.3) is 0 Å². The molecule has 2 aromatic carbocycles. The summed E-state index contributed by atoms with van der Waals surface area (Å²) in [6, 6.07) is 12.9. The number of carbonyl (C=O) groups excluding carboxylic acids is 2. The minimum atomic E-state index is -0.655. The van der Waals surface area contributed by atoms with Crippen LogP contribution in [0, 0.1) is 19.3 Å². The smallest absolute Gasteiger partial charge is 0.265 e. The Morgan fingerprint density at radius 1 is 0.926 bits per heavy atom. The van der Waals surface area contributed by atoms with Crippen molar-refractivity contribution in [1.82, 2.24) is 0 Å². The van der Waals surface area contributed by atoms with E-state index in [0.29, 0.717) is 11.4 Å². The SMILES string of the molecule is Cc1cccc(C)c1OC(C)C(=O)Nc1cccc(NC(=O)C(C)(C)C)c1. The Labute approximate surface area is 161 Å². The van der Waals surface area contributed by atoms with Gasteiger partial charge in [-0.15, -0.1) is 0 Å². The normalized spacial score (nSPS) is 12.2. The molecule has 144 valence electrons. The van der Waals surface area contributed by atoms with Crippen molar-refractivity contribution in [3.8, 4) is 5.75 Å². The molecule has 0 heterocycles. The lowest BCUT2D eigenvalue weighted by Crippen LogP contribution is -2.30. The number of nitrogens with one attached hydrogen (secondary N) is 2. The highest BCUT2D eigenvalue weighted by Gasteiger charge is 2.21. The summed E-state index contributed by atoms with van der Waals surface area (Å²) in [6.45, 7) is 11.2. The predicted octanol–water partition coefficient (Wildman–Crippen LogP) is 4.69. The largest absolute Gasteiger partial charge is 0.480 e. The number of aryl methyl sites for hydroxylation is 2. The third kappa shape index (κ3) is 5.58. The van der Waals surface area contributed by atoms with E-state index in [2.05, 4.69) is 10.6 Å². The average molecular weight is 368 g/mol. The van der Waals surface area contributed by atoms with Gasteiger partial charge in [-0.2, -0.15) is 0 Å². The van der Waals surface area contributed by atoms with Crippen molar-refractivity contribution < 1.29 is 14.3 Å². The first-order chi connectivity index (χ1) is 12.6. The van der Waals surface area contributed by atoms with Gasteiger partial charge in [0.25, 0.3) is 5.91 Å². The van der Waals surface area contributed by atoms with Crippen LogP contribution < -0.4 is 15.4 Å². The number of hydrogen-bond donors (Lipinski definition) is 2. The Bertz CT molecular complexity index is 817. The quantitative estimate of drug-likeness (QED) is 0.804. The molecule has 0 spiro atoms. The topological polar surface area (TPSA) is 67.4 Å². The number of hydrogen-bond acceptors (Lipinski definition) is 3. The van der Waals surface area contributed by atoms with E-state index in [9.17, 15) is 9.59 Å². The van der Waals surface area contributed by atoms with Crippen LogP contribution >= 0.6 is 0 Å². The molecular weight excluding hydrogens is 340 g/mol. The lowest BCUT2D eigenvalue weighted by molar-refractivity contribution is -0.123. The van der Waals surface area contributed by atoms with Crippen molar-refractivity contribution >= 4 is 23.2 Å². The van der Waals surface area contributed by atoms with Crippen molar-refractivity contribution in [3.05, 3.63) is 53.6 Å². The highest BCUT2D eigenvalue weighted by molar-refractivity contribution is 5.97. The van der Waals surface area contributed by atoms with Gasteiger partial charge in [0.05, 0.1) is 0 Å². The number of carbonyl (C=O) groups is 2. The number of anilines is 2. The lowest BCUT2D eigenvalue weighted by Gasteiger charge is -2.19. The Hall–Kier alpha value is -2.82. The van der Waals surface area contributed by atoms with Gasteiger partial charge in [-0.1, -0.05) is 45.0 Å². The summed E-state index contributed by atoms with van der Waals surface area (Å²) in [5.41, 5.74) is 2.72. The second kappa shape index (κ2) is 8.25. The number of amides is 2. The molecule has 5 heteroatoms. The molecule has 1 unspecified atom stereocenters.